The molecule has 0 saturated carbocycles. The van der Waals surface area contributed by atoms with Gasteiger partial charge in [0.05, 0.1) is 13.3 Å². The third-order valence-electron chi connectivity index (χ3n) is 6.05. The Morgan fingerprint density at radius 1 is 1.05 bits per heavy atom. The van der Waals surface area contributed by atoms with Gasteiger partial charge in [0.1, 0.15) is 6.23 Å². The van der Waals surface area contributed by atoms with Gasteiger partial charge in [0.2, 0.25) is 0 Å². The van der Waals surface area contributed by atoms with E-state index in [-0.39, 0.29) is 36.1 Å². The Labute approximate surface area is 232 Å². The van der Waals surface area contributed by atoms with Gasteiger partial charge in [-0.1, -0.05) is 12.1 Å². The highest BCUT2D eigenvalue weighted by Crippen LogP contribution is 2.28. The van der Waals surface area contributed by atoms with Crippen molar-refractivity contribution < 1.29 is 28.6 Å². The zero-order chi connectivity index (χ0) is 28.5. The summed E-state index contributed by atoms with van der Waals surface area (Å²) in [5.41, 5.74) is 7.33. The Balaban J connectivity index is 1.26. The van der Waals surface area contributed by atoms with Crippen LogP contribution in [0.25, 0.3) is 11.1 Å². The van der Waals surface area contributed by atoms with Gasteiger partial charge < -0.3 is 24.8 Å². The van der Waals surface area contributed by atoms with Gasteiger partial charge in [-0.25, -0.2) is 14.9 Å². The lowest BCUT2D eigenvalue weighted by Crippen LogP contribution is -2.43. The number of methoxy groups -OCH3 is 1. The normalized spacial score (nSPS) is 14.8. The van der Waals surface area contributed by atoms with Gasteiger partial charge in [0, 0.05) is 35.7 Å². The maximum absolute atomic E-state index is 12.6. The summed E-state index contributed by atoms with van der Waals surface area (Å²) in [6.45, 7) is 4.25. The minimum atomic E-state index is -0.619. The Morgan fingerprint density at radius 2 is 1.85 bits per heavy atom. The van der Waals surface area contributed by atoms with Gasteiger partial charge in [-0.05, 0) is 69.0 Å². The summed E-state index contributed by atoms with van der Waals surface area (Å²) in [6, 6.07) is 11.1. The van der Waals surface area contributed by atoms with Gasteiger partial charge in [0.15, 0.2) is 18.1 Å². The van der Waals surface area contributed by atoms with Crippen LogP contribution in [0.4, 0.5) is 10.5 Å². The van der Waals surface area contributed by atoms with E-state index in [1.165, 1.54) is 25.3 Å². The summed E-state index contributed by atoms with van der Waals surface area (Å²) in [5, 5.41) is 9.83. The Hall–Kier alpha value is -4.58. The molecule has 212 valence electrons. The van der Waals surface area contributed by atoms with E-state index in [1.807, 2.05) is 36.9 Å². The zero-order valence-corrected chi connectivity index (χ0v) is 22.7. The van der Waals surface area contributed by atoms with Gasteiger partial charge in [0.25, 0.3) is 11.8 Å². The first-order valence-corrected chi connectivity index (χ1v) is 13.1. The van der Waals surface area contributed by atoms with Crippen molar-refractivity contribution in [1.29, 1.82) is 0 Å². The van der Waals surface area contributed by atoms with E-state index in [4.69, 9.17) is 14.2 Å². The molecule has 3 aromatic rings. The second-order valence-electron chi connectivity index (χ2n) is 9.52. The molecule has 4 N–H and O–H groups in total. The quantitative estimate of drug-likeness (QED) is 0.298. The molecule has 1 saturated heterocycles. The number of nitrogens with zero attached hydrogens (tertiary/aromatic N) is 2. The van der Waals surface area contributed by atoms with E-state index in [9.17, 15) is 14.4 Å². The van der Waals surface area contributed by atoms with Crippen LogP contribution in [-0.2, 0) is 9.53 Å². The Bertz CT molecular complexity index is 1320. The highest BCUT2D eigenvalue weighted by atomic mass is 16.5. The topological polar surface area (TPSA) is 145 Å². The number of hydrogen-bond donors (Lipinski definition) is 4. The molecule has 40 heavy (non-hydrogen) atoms. The molecule has 2 aromatic carbocycles. The molecule has 0 bridgehead atoms. The highest BCUT2D eigenvalue weighted by Gasteiger charge is 2.17. The predicted molar refractivity (Wildman–Crippen MR) is 148 cm³/mol. The number of amides is 4. The predicted octanol–water partition coefficient (Wildman–Crippen LogP) is 3.63. The lowest BCUT2D eigenvalue weighted by Gasteiger charge is -2.22. The van der Waals surface area contributed by atoms with Crippen molar-refractivity contribution in [3.05, 3.63) is 60.4 Å². The minimum Gasteiger partial charge on any atom is -0.493 e. The SMILES string of the molecule is COc1cc(C(=O)NNC(=O)Nc2ccc(-c3cnn(C4CCCCO4)c3)cc2)ccc1OCC(=O)NC(C)C. The number of nitrogens with one attached hydrogen (secondary N) is 4. The first-order chi connectivity index (χ1) is 19.3. The van der Waals surface area contributed by atoms with Crippen molar-refractivity contribution in [2.45, 2.75) is 45.4 Å². The summed E-state index contributed by atoms with van der Waals surface area (Å²) < 4.78 is 18.4. The fourth-order valence-electron chi connectivity index (χ4n) is 4.11. The van der Waals surface area contributed by atoms with Crippen molar-refractivity contribution in [2.24, 2.45) is 0 Å². The zero-order valence-electron chi connectivity index (χ0n) is 22.7. The smallest absolute Gasteiger partial charge is 0.337 e. The lowest BCUT2D eigenvalue weighted by molar-refractivity contribution is -0.123. The van der Waals surface area contributed by atoms with E-state index in [0.29, 0.717) is 11.4 Å². The van der Waals surface area contributed by atoms with Crippen LogP contribution in [0.1, 0.15) is 49.7 Å². The van der Waals surface area contributed by atoms with Crippen LogP contribution in [0.5, 0.6) is 11.5 Å². The molecule has 0 spiro atoms. The van der Waals surface area contributed by atoms with E-state index in [1.54, 1.807) is 18.3 Å². The van der Waals surface area contributed by atoms with Crippen LogP contribution in [0.15, 0.2) is 54.9 Å². The van der Waals surface area contributed by atoms with Gasteiger partial charge in [-0.15, -0.1) is 0 Å². The number of rotatable bonds is 9. The van der Waals surface area contributed by atoms with E-state index in [2.05, 4.69) is 26.6 Å². The number of carbonyl (C=O) groups excluding carboxylic acids is 3. The highest BCUT2D eigenvalue weighted by molar-refractivity contribution is 5.97. The maximum atomic E-state index is 12.6. The number of aromatic nitrogens is 2. The molecular weight excluding hydrogens is 516 g/mol. The molecular formula is C28H34N6O6. The monoisotopic (exact) mass is 550 g/mol. The standard InChI is InChI=1S/C28H34N6O6/c1-18(2)30-25(35)17-40-23-12-9-20(14-24(23)38-3)27(36)32-33-28(37)31-22-10-7-19(8-11-22)21-15-29-34(16-21)26-6-4-5-13-39-26/h7-12,14-16,18,26H,4-6,13,17H2,1-3H3,(H,30,35)(H,32,36)(H2,31,33,37). The van der Waals surface area contributed by atoms with Crippen molar-refractivity contribution >= 4 is 23.5 Å². The van der Waals surface area contributed by atoms with Gasteiger partial charge >= 0.3 is 6.03 Å². The summed E-state index contributed by atoms with van der Waals surface area (Å²) in [6.07, 6.45) is 6.86. The maximum Gasteiger partial charge on any atom is 0.337 e. The average Bonchev–Trinajstić information content (AvgIpc) is 3.46. The third-order valence-corrected chi connectivity index (χ3v) is 6.05. The number of benzene rings is 2. The van der Waals surface area contributed by atoms with Gasteiger partial charge in [-0.3, -0.25) is 15.0 Å². The van der Waals surface area contributed by atoms with Crippen molar-refractivity contribution in [3.63, 3.8) is 0 Å². The van der Waals surface area contributed by atoms with Crippen molar-refractivity contribution in [3.8, 4) is 22.6 Å². The minimum absolute atomic E-state index is 0.00854. The van der Waals surface area contributed by atoms with Crippen molar-refractivity contribution in [1.82, 2.24) is 25.9 Å². The van der Waals surface area contributed by atoms with Crippen LogP contribution in [0.3, 0.4) is 0 Å². The van der Waals surface area contributed by atoms with Crippen LogP contribution in [0.2, 0.25) is 0 Å². The Morgan fingerprint density at radius 3 is 2.55 bits per heavy atom. The van der Waals surface area contributed by atoms with Gasteiger partial charge in [-0.2, -0.15) is 5.10 Å². The first-order valence-electron chi connectivity index (χ1n) is 13.1. The number of urea groups is 1. The largest absolute Gasteiger partial charge is 0.493 e. The molecule has 12 heteroatoms. The van der Waals surface area contributed by atoms with Crippen LogP contribution in [-0.4, -0.2) is 54.0 Å². The fourth-order valence-corrected chi connectivity index (χ4v) is 4.11. The van der Waals surface area contributed by atoms with E-state index in [0.717, 1.165) is 37.0 Å². The molecule has 1 atom stereocenters. The third kappa shape index (κ3) is 7.73. The lowest BCUT2D eigenvalue weighted by atomic mass is 10.1. The molecule has 4 rings (SSSR count). The number of hydrogen-bond acceptors (Lipinski definition) is 7. The summed E-state index contributed by atoms with van der Waals surface area (Å²) in [5.74, 6) is -0.260. The molecule has 0 radical (unpaired) electrons. The second-order valence-corrected chi connectivity index (χ2v) is 9.52. The molecule has 1 fully saturated rings. The summed E-state index contributed by atoms with van der Waals surface area (Å²) in [4.78, 5) is 36.7. The summed E-state index contributed by atoms with van der Waals surface area (Å²) in [7, 11) is 1.42. The van der Waals surface area contributed by atoms with E-state index < -0.39 is 11.9 Å². The van der Waals surface area contributed by atoms with E-state index >= 15 is 0 Å². The molecule has 12 nitrogen and oxygen atoms in total. The fraction of sp³-hybridized carbons (Fsp3) is 0.357. The van der Waals surface area contributed by atoms with Crippen LogP contribution >= 0.6 is 0 Å². The molecule has 1 aromatic heterocycles. The number of ether oxygens (including phenoxy) is 3. The summed E-state index contributed by atoms with van der Waals surface area (Å²) >= 11 is 0. The number of carbonyl (C=O) groups is 3. The molecule has 0 aliphatic carbocycles. The Kier molecular flexibility index (Phi) is 9.57. The number of hydrazine groups is 1. The number of anilines is 1. The first kappa shape index (κ1) is 28.4. The van der Waals surface area contributed by atoms with Crippen LogP contribution in [0, 0.1) is 0 Å². The van der Waals surface area contributed by atoms with Crippen LogP contribution < -0.4 is 31.0 Å². The average molecular weight is 551 g/mol. The molecule has 1 unspecified atom stereocenters. The molecule has 1 aliphatic heterocycles. The second kappa shape index (κ2) is 13.5. The molecule has 2 heterocycles. The van der Waals surface area contributed by atoms with Crippen molar-refractivity contribution in [2.75, 3.05) is 25.6 Å². The molecule has 4 amide bonds. The molecule has 1 aliphatic rings.